The molecule has 1 aliphatic heterocycles. The summed E-state index contributed by atoms with van der Waals surface area (Å²) in [6.07, 6.45) is 0.900. The molecule has 0 aromatic heterocycles. The lowest BCUT2D eigenvalue weighted by atomic mass is 10.1. The molecular weight excluding hydrogens is 408 g/mol. The molecule has 140 valence electrons. The van der Waals surface area contributed by atoms with Crippen LogP contribution in [0.4, 0.5) is 0 Å². The number of para-hydroxylation sites is 1. The van der Waals surface area contributed by atoms with Gasteiger partial charge in [-0.15, -0.1) is 0 Å². The molecule has 1 aliphatic carbocycles. The first-order valence-corrected chi connectivity index (χ1v) is 9.95. The predicted molar refractivity (Wildman–Crippen MR) is 106 cm³/mol. The van der Waals surface area contributed by atoms with E-state index in [1.165, 1.54) is 11.6 Å². The normalized spacial score (nSPS) is 21.8. The molecule has 1 N–H and O–H groups in total. The van der Waals surface area contributed by atoms with Crippen LogP contribution in [0.15, 0.2) is 53.0 Å². The lowest BCUT2D eigenvalue weighted by Crippen LogP contribution is -2.51. The quantitative estimate of drug-likeness (QED) is 0.815. The minimum atomic E-state index is -0.181. The second-order valence-corrected chi connectivity index (χ2v) is 8.05. The van der Waals surface area contributed by atoms with Crippen molar-refractivity contribution in [3.63, 3.8) is 0 Å². The molecule has 5 nitrogen and oxygen atoms in total. The van der Waals surface area contributed by atoms with E-state index < -0.39 is 0 Å². The van der Waals surface area contributed by atoms with Crippen LogP contribution in [0, 0.1) is 5.92 Å². The highest BCUT2D eigenvalue weighted by Crippen LogP contribution is 2.48. The number of rotatable bonds is 3. The maximum absolute atomic E-state index is 12.8. The van der Waals surface area contributed by atoms with Gasteiger partial charge in [-0.05, 0) is 42.2 Å². The minimum absolute atomic E-state index is 0.00340. The SMILES string of the molecule is O=C(c1ccccc1O)N1CCN(C(=O)C2CC2c2ccc(Br)cc2)CC1. The van der Waals surface area contributed by atoms with Crippen molar-refractivity contribution in [3.05, 3.63) is 64.1 Å². The molecule has 4 rings (SSSR count). The summed E-state index contributed by atoms with van der Waals surface area (Å²) in [6.45, 7) is 2.08. The second kappa shape index (κ2) is 7.35. The predicted octanol–water partition coefficient (Wildman–Crippen LogP) is 3.24. The fraction of sp³-hybridized carbons (Fsp3) is 0.333. The highest BCUT2D eigenvalue weighted by Gasteiger charge is 2.46. The first kappa shape index (κ1) is 18.0. The smallest absolute Gasteiger partial charge is 0.257 e. The number of amides is 2. The number of benzene rings is 2. The Hall–Kier alpha value is -2.34. The third-order valence-corrected chi connectivity index (χ3v) is 5.95. The molecule has 2 unspecified atom stereocenters. The summed E-state index contributed by atoms with van der Waals surface area (Å²) in [5.74, 6) is 0.381. The molecular formula is C21H21BrN2O3. The van der Waals surface area contributed by atoms with Crippen LogP contribution in [0.1, 0.15) is 28.3 Å². The largest absolute Gasteiger partial charge is 0.507 e. The standard InChI is InChI=1S/C21H21BrN2O3/c22-15-7-5-14(6-8-15)17-13-18(17)21(27)24-11-9-23(10-12-24)20(26)16-3-1-2-4-19(16)25/h1-8,17-18,25H,9-13H2. The maximum atomic E-state index is 12.8. The van der Waals surface area contributed by atoms with Gasteiger partial charge in [0.25, 0.3) is 5.91 Å². The molecule has 2 atom stereocenters. The van der Waals surface area contributed by atoms with Crippen LogP contribution in [0.3, 0.4) is 0 Å². The van der Waals surface area contributed by atoms with Gasteiger partial charge in [0.2, 0.25) is 5.91 Å². The third kappa shape index (κ3) is 3.72. The zero-order valence-electron chi connectivity index (χ0n) is 14.8. The van der Waals surface area contributed by atoms with Crippen molar-refractivity contribution in [1.82, 2.24) is 9.80 Å². The molecule has 1 saturated carbocycles. The topological polar surface area (TPSA) is 60.9 Å². The average molecular weight is 429 g/mol. The molecule has 2 aliphatic rings. The lowest BCUT2D eigenvalue weighted by Gasteiger charge is -2.35. The summed E-state index contributed by atoms with van der Waals surface area (Å²) in [7, 11) is 0. The Morgan fingerprint density at radius 3 is 2.22 bits per heavy atom. The number of piperazine rings is 1. The van der Waals surface area contributed by atoms with Gasteiger partial charge >= 0.3 is 0 Å². The number of aromatic hydroxyl groups is 1. The first-order chi connectivity index (χ1) is 13.0. The first-order valence-electron chi connectivity index (χ1n) is 9.16. The van der Waals surface area contributed by atoms with Crippen molar-refractivity contribution >= 4 is 27.7 Å². The molecule has 6 heteroatoms. The average Bonchev–Trinajstić information content (AvgIpc) is 3.49. The molecule has 1 heterocycles. The van der Waals surface area contributed by atoms with Gasteiger partial charge in [-0.1, -0.05) is 40.2 Å². The molecule has 2 amide bonds. The van der Waals surface area contributed by atoms with E-state index in [9.17, 15) is 14.7 Å². The summed E-state index contributed by atoms with van der Waals surface area (Å²) < 4.78 is 1.04. The van der Waals surface area contributed by atoms with E-state index in [4.69, 9.17) is 0 Å². The van der Waals surface area contributed by atoms with E-state index in [0.29, 0.717) is 37.7 Å². The second-order valence-electron chi connectivity index (χ2n) is 7.13. The maximum Gasteiger partial charge on any atom is 0.257 e. The number of phenolic OH excluding ortho intramolecular Hbond substituents is 1. The van der Waals surface area contributed by atoms with Gasteiger partial charge in [-0.2, -0.15) is 0 Å². The Morgan fingerprint density at radius 2 is 1.56 bits per heavy atom. The molecule has 0 bridgehead atoms. The summed E-state index contributed by atoms with van der Waals surface area (Å²) in [4.78, 5) is 28.9. The summed E-state index contributed by atoms with van der Waals surface area (Å²) in [5, 5.41) is 9.87. The van der Waals surface area contributed by atoms with E-state index in [1.807, 2.05) is 17.0 Å². The van der Waals surface area contributed by atoms with Crippen LogP contribution < -0.4 is 0 Å². The molecule has 2 fully saturated rings. The van der Waals surface area contributed by atoms with E-state index in [1.54, 1.807) is 23.1 Å². The summed E-state index contributed by atoms with van der Waals surface area (Å²) in [5.41, 5.74) is 1.53. The van der Waals surface area contributed by atoms with Gasteiger partial charge in [0.15, 0.2) is 0 Å². The van der Waals surface area contributed by atoms with Crippen LogP contribution in [-0.4, -0.2) is 52.9 Å². The third-order valence-electron chi connectivity index (χ3n) is 5.42. The van der Waals surface area contributed by atoms with Gasteiger partial charge < -0.3 is 14.9 Å². The Bertz CT molecular complexity index is 860. The number of hydrogen-bond acceptors (Lipinski definition) is 3. The van der Waals surface area contributed by atoms with Gasteiger partial charge in [-0.3, -0.25) is 9.59 Å². The Balaban J connectivity index is 1.33. The van der Waals surface area contributed by atoms with E-state index in [2.05, 4.69) is 28.1 Å². The molecule has 2 aromatic carbocycles. The number of nitrogens with zero attached hydrogens (tertiary/aromatic N) is 2. The fourth-order valence-corrected chi connectivity index (χ4v) is 4.00. The zero-order valence-corrected chi connectivity index (χ0v) is 16.4. The summed E-state index contributed by atoms with van der Waals surface area (Å²) >= 11 is 3.44. The molecule has 0 spiro atoms. The lowest BCUT2D eigenvalue weighted by molar-refractivity contribution is -0.134. The molecule has 27 heavy (non-hydrogen) atoms. The highest BCUT2D eigenvalue weighted by molar-refractivity contribution is 9.10. The molecule has 0 radical (unpaired) electrons. The van der Waals surface area contributed by atoms with E-state index in [0.717, 1.165) is 10.9 Å². The van der Waals surface area contributed by atoms with Gasteiger partial charge in [0.05, 0.1) is 5.56 Å². The number of carbonyl (C=O) groups is 2. The van der Waals surface area contributed by atoms with Crippen molar-refractivity contribution in [2.75, 3.05) is 26.2 Å². The van der Waals surface area contributed by atoms with Crippen molar-refractivity contribution in [2.24, 2.45) is 5.92 Å². The number of phenols is 1. The Kier molecular flexibility index (Phi) is 4.91. The Labute approximate surface area is 166 Å². The van der Waals surface area contributed by atoms with Gasteiger partial charge in [0.1, 0.15) is 5.75 Å². The van der Waals surface area contributed by atoms with Gasteiger partial charge in [-0.25, -0.2) is 0 Å². The number of halogens is 1. The van der Waals surface area contributed by atoms with Crippen molar-refractivity contribution in [2.45, 2.75) is 12.3 Å². The van der Waals surface area contributed by atoms with Crippen LogP contribution in [0.25, 0.3) is 0 Å². The summed E-state index contributed by atoms with van der Waals surface area (Å²) in [6, 6.07) is 14.7. The van der Waals surface area contributed by atoms with Crippen molar-refractivity contribution < 1.29 is 14.7 Å². The van der Waals surface area contributed by atoms with Crippen LogP contribution in [0.2, 0.25) is 0 Å². The van der Waals surface area contributed by atoms with E-state index >= 15 is 0 Å². The number of hydrogen-bond donors (Lipinski definition) is 1. The molecule has 1 saturated heterocycles. The van der Waals surface area contributed by atoms with Crippen molar-refractivity contribution in [1.29, 1.82) is 0 Å². The van der Waals surface area contributed by atoms with E-state index in [-0.39, 0.29) is 23.5 Å². The molecule has 2 aromatic rings. The fourth-order valence-electron chi connectivity index (χ4n) is 3.74. The van der Waals surface area contributed by atoms with Crippen molar-refractivity contribution in [3.8, 4) is 5.75 Å². The monoisotopic (exact) mass is 428 g/mol. The van der Waals surface area contributed by atoms with Crippen LogP contribution in [-0.2, 0) is 4.79 Å². The van der Waals surface area contributed by atoms with Gasteiger partial charge in [0, 0.05) is 36.6 Å². The Morgan fingerprint density at radius 1 is 0.926 bits per heavy atom. The van der Waals surface area contributed by atoms with Crippen LogP contribution in [0.5, 0.6) is 5.75 Å². The highest BCUT2D eigenvalue weighted by atomic mass is 79.9. The number of carbonyl (C=O) groups excluding carboxylic acids is 2. The zero-order chi connectivity index (χ0) is 19.0. The van der Waals surface area contributed by atoms with Crippen LogP contribution >= 0.6 is 15.9 Å². The minimum Gasteiger partial charge on any atom is -0.507 e.